The fourth-order valence-electron chi connectivity index (χ4n) is 10.2. The third-order valence-electron chi connectivity index (χ3n) is 13.5. The van der Waals surface area contributed by atoms with Gasteiger partial charge in [-0.25, -0.2) is 4.79 Å². The topological polar surface area (TPSA) is 107 Å². The van der Waals surface area contributed by atoms with Crippen LogP contribution in [0.5, 0.6) is 0 Å². The van der Waals surface area contributed by atoms with Gasteiger partial charge in [0.2, 0.25) is 0 Å². The Hall–Kier alpha value is -2.10. The first-order chi connectivity index (χ1) is 23.3. The van der Waals surface area contributed by atoms with E-state index in [-0.39, 0.29) is 35.6 Å². The summed E-state index contributed by atoms with van der Waals surface area (Å²) in [4.78, 5) is 17.9. The van der Waals surface area contributed by atoms with Crippen LogP contribution in [0.4, 0.5) is 0 Å². The van der Waals surface area contributed by atoms with Crippen LogP contribution in [-0.4, -0.2) is 70.5 Å². The fraction of sp³-hybridized carbons (Fsp3) is 0.756. The molecule has 2 N–H and O–H groups in total. The van der Waals surface area contributed by atoms with Gasteiger partial charge in [0.25, 0.3) is 0 Å². The van der Waals surface area contributed by atoms with E-state index in [0.29, 0.717) is 43.1 Å². The highest BCUT2D eigenvalue weighted by atomic mass is 16.8. The van der Waals surface area contributed by atoms with Gasteiger partial charge in [-0.2, -0.15) is 0 Å². The van der Waals surface area contributed by atoms with Gasteiger partial charge in [-0.1, -0.05) is 37.6 Å². The molecule has 7 rings (SSSR count). The van der Waals surface area contributed by atoms with Crippen molar-refractivity contribution in [2.75, 3.05) is 6.54 Å². The van der Waals surface area contributed by atoms with Crippen LogP contribution in [0.3, 0.4) is 0 Å². The average Bonchev–Trinajstić information content (AvgIpc) is 3.71. The summed E-state index contributed by atoms with van der Waals surface area (Å²) < 4.78 is 25.8. The van der Waals surface area contributed by atoms with E-state index in [4.69, 9.17) is 23.9 Å². The second-order valence-electron chi connectivity index (χ2n) is 16.9. The van der Waals surface area contributed by atoms with Crippen molar-refractivity contribution < 1.29 is 34.0 Å². The van der Waals surface area contributed by atoms with Crippen molar-refractivity contribution in [3.8, 4) is 0 Å². The van der Waals surface area contributed by atoms with Gasteiger partial charge >= 0.3 is 5.97 Å². The van der Waals surface area contributed by atoms with Crippen LogP contribution in [0.1, 0.15) is 125 Å². The van der Waals surface area contributed by atoms with Crippen molar-refractivity contribution in [2.45, 2.75) is 167 Å². The molecule has 6 heterocycles. The summed E-state index contributed by atoms with van der Waals surface area (Å²) in [7, 11) is 0. The van der Waals surface area contributed by atoms with E-state index in [9.17, 15) is 15.0 Å². The van der Waals surface area contributed by atoms with Gasteiger partial charge in [-0.15, -0.1) is 0 Å². The van der Waals surface area contributed by atoms with Gasteiger partial charge in [0.15, 0.2) is 11.6 Å². The number of hydrogen-bond donors (Lipinski definition) is 2. The third-order valence-corrected chi connectivity index (χ3v) is 13.5. The van der Waals surface area contributed by atoms with Crippen molar-refractivity contribution in [1.82, 2.24) is 0 Å². The number of cyclic esters (lactones) is 1. The zero-order valence-electron chi connectivity index (χ0n) is 30.5. The molecule has 3 spiro atoms. The molecular weight excluding hydrogens is 618 g/mol. The highest BCUT2D eigenvalue weighted by Gasteiger charge is 2.59. The number of carbonyl (C=O) groups is 1. The predicted molar refractivity (Wildman–Crippen MR) is 189 cm³/mol. The Morgan fingerprint density at radius 1 is 0.918 bits per heavy atom. The van der Waals surface area contributed by atoms with Crippen molar-refractivity contribution in [3.05, 3.63) is 46.6 Å². The number of aliphatic hydroxyl groups is 2. The Kier molecular flexibility index (Phi) is 9.70. The largest absolute Gasteiger partial charge is 0.450 e. The van der Waals surface area contributed by atoms with Gasteiger partial charge < -0.3 is 29.2 Å². The van der Waals surface area contributed by atoms with Crippen LogP contribution in [0.25, 0.3) is 0 Å². The highest BCUT2D eigenvalue weighted by molar-refractivity contribution is 5.92. The molecule has 0 saturated carbocycles. The van der Waals surface area contributed by atoms with Crippen LogP contribution in [0.2, 0.25) is 0 Å². The molecule has 0 aromatic carbocycles. The smallest absolute Gasteiger partial charge is 0.334 e. The number of aliphatic hydroxyl groups excluding tert-OH is 2. The van der Waals surface area contributed by atoms with E-state index in [1.165, 1.54) is 22.4 Å². The standard InChI is InChI=1S/C41H59NO7/c1-24-8-7-9-36-39(22-27(4)28(5)23-42-36)14-13-32(35-20-26(3)38(45)46-35)29(6)33(39)19-25(2)34(43)21-31-12-15-40(47-31)16-17-41(49-40)37(44)11-10-30(18-24)48-41/h19-20,27-28,30-31,33-35,37,43-44H,1,7-18,21-23H2,2-6H3/b25-19+/t27-,28+,30-,31-,33-,34-,35+,37-,39-,40-,41-/m1/s1. The molecule has 1 aliphatic carbocycles. The van der Waals surface area contributed by atoms with Crippen molar-refractivity contribution >= 4 is 11.7 Å². The summed E-state index contributed by atoms with van der Waals surface area (Å²) in [6.07, 6.45) is 13.5. The van der Waals surface area contributed by atoms with Crippen LogP contribution in [-0.2, 0) is 23.7 Å². The monoisotopic (exact) mass is 677 g/mol. The van der Waals surface area contributed by atoms with E-state index in [0.717, 1.165) is 76.3 Å². The number of nitrogens with zero attached hydrogens (tertiary/aromatic N) is 1. The molecule has 3 fully saturated rings. The van der Waals surface area contributed by atoms with E-state index < -0.39 is 23.8 Å². The van der Waals surface area contributed by atoms with Crippen LogP contribution >= 0.6 is 0 Å². The number of fused-ring (bicyclic) bond motifs is 2. The maximum atomic E-state index is 12.5. The van der Waals surface area contributed by atoms with Crippen molar-refractivity contribution in [3.63, 3.8) is 0 Å². The zero-order chi connectivity index (χ0) is 34.7. The molecule has 0 amide bonds. The van der Waals surface area contributed by atoms with Crippen molar-refractivity contribution in [1.29, 1.82) is 0 Å². The molecule has 0 aromatic heterocycles. The summed E-state index contributed by atoms with van der Waals surface area (Å²) in [5, 5.41) is 22.9. The van der Waals surface area contributed by atoms with Crippen LogP contribution < -0.4 is 0 Å². The van der Waals surface area contributed by atoms with Gasteiger partial charge in [-0.3, -0.25) is 4.99 Å². The van der Waals surface area contributed by atoms with E-state index >= 15 is 0 Å². The molecule has 11 atom stereocenters. The zero-order valence-corrected chi connectivity index (χ0v) is 30.5. The molecule has 3 saturated heterocycles. The molecule has 8 nitrogen and oxygen atoms in total. The lowest BCUT2D eigenvalue weighted by Crippen LogP contribution is -2.52. The Balaban J connectivity index is 1.26. The summed E-state index contributed by atoms with van der Waals surface area (Å²) in [5.74, 6) is -1.06. The SMILES string of the molecule is C=C1CCCC2=NC[C@H](C)[C@H](C)C[C@@]23CCC([C@@H]2C=C(C)C(=O)O2)=C(C)[C@H]3/C=C(\C)[C@H](O)C[C@H]2CC[C@@]3(CC[C@@]4(O[C@H](CC[C@H]4O)C1)O3)O2. The Morgan fingerprint density at radius 2 is 1.73 bits per heavy atom. The maximum Gasteiger partial charge on any atom is 0.334 e. The molecule has 0 unspecified atom stereocenters. The molecule has 49 heavy (non-hydrogen) atoms. The molecule has 0 aromatic rings. The fourth-order valence-corrected chi connectivity index (χ4v) is 10.2. The normalized spacial score (nSPS) is 46.2. The highest BCUT2D eigenvalue weighted by Crippen LogP contribution is 2.55. The van der Waals surface area contributed by atoms with Gasteiger partial charge in [0.05, 0.1) is 18.3 Å². The third kappa shape index (κ3) is 6.59. The van der Waals surface area contributed by atoms with E-state index in [1.54, 1.807) is 0 Å². The Morgan fingerprint density at radius 3 is 2.51 bits per heavy atom. The van der Waals surface area contributed by atoms with Gasteiger partial charge in [0.1, 0.15) is 12.2 Å². The second kappa shape index (κ2) is 13.5. The Labute approximate surface area is 293 Å². The minimum absolute atomic E-state index is 0.0266. The predicted octanol–water partition coefficient (Wildman–Crippen LogP) is 7.44. The second-order valence-corrected chi connectivity index (χ2v) is 16.9. The number of carbonyl (C=O) groups excluding carboxylic acids is 1. The van der Waals surface area contributed by atoms with Gasteiger partial charge in [0, 0.05) is 54.8 Å². The first-order valence-corrected chi connectivity index (χ1v) is 19.2. The molecule has 0 radical (unpaired) electrons. The van der Waals surface area contributed by atoms with Gasteiger partial charge in [-0.05, 0) is 114 Å². The van der Waals surface area contributed by atoms with Crippen molar-refractivity contribution in [2.24, 2.45) is 28.2 Å². The molecule has 8 heteroatoms. The van der Waals surface area contributed by atoms with E-state index in [2.05, 4.69) is 40.3 Å². The number of esters is 1. The number of hydrogen-bond acceptors (Lipinski definition) is 8. The minimum atomic E-state index is -1.04. The summed E-state index contributed by atoms with van der Waals surface area (Å²) in [6, 6.07) is 0. The molecular formula is C41H59NO7. The minimum Gasteiger partial charge on any atom is -0.450 e. The first-order valence-electron chi connectivity index (χ1n) is 19.2. The van der Waals surface area contributed by atoms with Crippen LogP contribution in [0, 0.1) is 23.2 Å². The average molecular weight is 678 g/mol. The first kappa shape index (κ1) is 35.3. The number of rotatable bonds is 1. The molecule has 4 bridgehead atoms. The lowest BCUT2D eigenvalue weighted by molar-refractivity contribution is -0.363. The molecule has 270 valence electrons. The summed E-state index contributed by atoms with van der Waals surface area (Å²) in [6.45, 7) is 16.2. The van der Waals surface area contributed by atoms with E-state index in [1.807, 2.05) is 13.0 Å². The lowest BCUT2D eigenvalue weighted by atomic mass is 9.56. The number of allylic oxidation sites excluding steroid dienone is 2. The number of ether oxygens (including phenoxy) is 4. The Bertz CT molecular complexity index is 1460. The lowest BCUT2D eigenvalue weighted by Gasteiger charge is -2.47. The molecule has 6 aliphatic heterocycles. The molecule has 7 aliphatic rings. The summed E-state index contributed by atoms with van der Waals surface area (Å²) in [5.41, 5.74) is 6.34. The maximum absolute atomic E-state index is 12.5. The quantitative estimate of drug-likeness (QED) is 0.220. The number of aliphatic imine (C=N–C) groups is 1. The summed E-state index contributed by atoms with van der Waals surface area (Å²) >= 11 is 0. The van der Waals surface area contributed by atoms with Crippen LogP contribution in [0.15, 0.2) is 51.6 Å².